The Morgan fingerprint density at radius 2 is 1.97 bits per heavy atom. The minimum absolute atomic E-state index is 0.131. The summed E-state index contributed by atoms with van der Waals surface area (Å²) in [5, 5.41) is 4.15. The number of anilines is 2. The SMILES string of the molecule is CN1Cc2cc(NCC[C@@H]3C[C@@H]3C3CCN(c4ncc(Cl)cn4)CC3)ccc2C1=O. The van der Waals surface area contributed by atoms with E-state index in [9.17, 15) is 4.79 Å². The number of benzene rings is 1. The van der Waals surface area contributed by atoms with E-state index in [0.717, 1.165) is 60.2 Å². The van der Waals surface area contributed by atoms with Gasteiger partial charge in [-0.1, -0.05) is 11.6 Å². The fourth-order valence-electron chi connectivity index (χ4n) is 5.15. The number of halogens is 1. The first kappa shape index (κ1) is 19.6. The Kier molecular flexibility index (Phi) is 5.27. The van der Waals surface area contributed by atoms with Crippen LogP contribution in [0.5, 0.6) is 0 Å². The van der Waals surface area contributed by atoms with E-state index >= 15 is 0 Å². The maximum absolute atomic E-state index is 12.0. The van der Waals surface area contributed by atoms with Crippen LogP contribution in [0.1, 0.15) is 41.6 Å². The lowest BCUT2D eigenvalue weighted by atomic mass is 9.90. The molecule has 1 aromatic carbocycles. The number of rotatable bonds is 6. The molecule has 1 saturated carbocycles. The second-order valence-corrected chi connectivity index (χ2v) is 9.37. The molecule has 5 rings (SSSR count). The number of carbonyl (C=O) groups excluding carboxylic acids is 1. The minimum Gasteiger partial charge on any atom is -0.385 e. The van der Waals surface area contributed by atoms with Crippen LogP contribution in [-0.4, -0.2) is 47.5 Å². The van der Waals surface area contributed by atoms with Gasteiger partial charge in [-0.2, -0.15) is 0 Å². The molecule has 1 saturated heterocycles. The van der Waals surface area contributed by atoms with Gasteiger partial charge in [-0.3, -0.25) is 4.79 Å². The molecule has 3 heterocycles. The molecule has 1 amide bonds. The lowest BCUT2D eigenvalue weighted by Gasteiger charge is -2.32. The van der Waals surface area contributed by atoms with Crippen molar-refractivity contribution >= 4 is 29.1 Å². The maximum Gasteiger partial charge on any atom is 0.254 e. The molecule has 2 fully saturated rings. The molecule has 6 nitrogen and oxygen atoms in total. The summed E-state index contributed by atoms with van der Waals surface area (Å²) in [6.07, 6.45) is 8.41. The molecule has 1 aromatic heterocycles. The van der Waals surface area contributed by atoms with E-state index in [2.05, 4.69) is 26.3 Å². The molecule has 0 spiro atoms. The Morgan fingerprint density at radius 3 is 2.73 bits per heavy atom. The van der Waals surface area contributed by atoms with Gasteiger partial charge in [0, 0.05) is 44.5 Å². The summed E-state index contributed by atoms with van der Waals surface area (Å²) in [6.45, 7) is 3.79. The highest BCUT2D eigenvalue weighted by Gasteiger charge is 2.43. The topological polar surface area (TPSA) is 61.4 Å². The Balaban J connectivity index is 1.05. The Hall–Kier alpha value is -2.34. The summed E-state index contributed by atoms with van der Waals surface area (Å²) in [6, 6.07) is 6.13. The van der Waals surface area contributed by atoms with Crippen molar-refractivity contribution in [1.29, 1.82) is 0 Å². The van der Waals surface area contributed by atoms with Crippen molar-refractivity contribution < 1.29 is 4.79 Å². The van der Waals surface area contributed by atoms with E-state index in [1.54, 1.807) is 17.3 Å². The first-order chi connectivity index (χ1) is 14.6. The highest BCUT2D eigenvalue weighted by atomic mass is 35.5. The van der Waals surface area contributed by atoms with E-state index in [0.29, 0.717) is 11.6 Å². The molecule has 0 unspecified atom stereocenters. The van der Waals surface area contributed by atoms with Gasteiger partial charge in [0.15, 0.2) is 0 Å². The molecule has 158 valence electrons. The van der Waals surface area contributed by atoms with E-state index in [1.807, 2.05) is 19.2 Å². The summed E-state index contributed by atoms with van der Waals surface area (Å²) in [7, 11) is 1.86. The fraction of sp³-hybridized carbons (Fsp3) is 0.522. The normalized spacial score (nSPS) is 23.6. The third-order valence-corrected chi connectivity index (χ3v) is 7.14. The summed E-state index contributed by atoms with van der Waals surface area (Å²) in [5.74, 6) is 3.50. The molecule has 7 heteroatoms. The van der Waals surface area contributed by atoms with Gasteiger partial charge in [-0.15, -0.1) is 0 Å². The van der Waals surface area contributed by atoms with Crippen molar-refractivity contribution in [1.82, 2.24) is 14.9 Å². The van der Waals surface area contributed by atoms with Crippen LogP contribution in [0.3, 0.4) is 0 Å². The van der Waals surface area contributed by atoms with E-state index in [1.165, 1.54) is 25.7 Å². The largest absolute Gasteiger partial charge is 0.385 e. The van der Waals surface area contributed by atoms with Crippen LogP contribution in [0.15, 0.2) is 30.6 Å². The number of amides is 1. The van der Waals surface area contributed by atoms with Gasteiger partial charge in [0.1, 0.15) is 0 Å². The van der Waals surface area contributed by atoms with Crippen molar-refractivity contribution in [3.8, 4) is 0 Å². The lowest BCUT2D eigenvalue weighted by Crippen LogP contribution is -2.35. The van der Waals surface area contributed by atoms with Crippen molar-refractivity contribution in [2.24, 2.45) is 17.8 Å². The van der Waals surface area contributed by atoms with Crippen LogP contribution >= 0.6 is 11.6 Å². The van der Waals surface area contributed by atoms with Crippen molar-refractivity contribution in [2.75, 3.05) is 36.9 Å². The highest BCUT2D eigenvalue weighted by Crippen LogP contribution is 2.49. The lowest BCUT2D eigenvalue weighted by molar-refractivity contribution is 0.0816. The third-order valence-electron chi connectivity index (χ3n) is 6.95. The molecule has 1 N–H and O–H groups in total. The van der Waals surface area contributed by atoms with Crippen LogP contribution in [0, 0.1) is 17.8 Å². The molecule has 2 aliphatic heterocycles. The average Bonchev–Trinajstić information content (AvgIpc) is 3.47. The predicted octanol–water partition coefficient (Wildman–Crippen LogP) is 4.07. The molecule has 0 radical (unpaired) electrons. The van der Waals surface area contributed by atoms with Crippen molar-refractivity contribution in [3.63, 3.8) is 0 Å². The molecule has 2 aromatic rings. The number of aromatic nitrogens is 2. The minimum atomic E-state index is 0.131. The van der Waals surface area contributed by atoms with Gasteiger partial charge in [-0.25, -0.2) is 9.97 Å². The molecular weight excluding hydrogens is 398 g/mol. The van der Waals surface area contributed by atoms with Gasteiger partial charge in [0.2, 0.25) is 5.95 Å². The summed E-state index contributed by atoms with van der Waals surface area (Å²) < 4.78 is 0. The Labute approximate surface area is 182 Å². The number of piperidine rings is 1. The van der Waals surface area contributed by atoms with Crippen LogP contribution < -0.4 is 10.2 Å². The fourth-order valence-corrected chi connectivity index (χ4v) is 5.25. The van der Waals surface area contributed by atoms with Gasteiger partial charge >= 0.3 is 0 Å². The van der Waals surface area contributed by atoms with Crippen LogP contribution in [0.25, 0.3) is 0 Å². The monoisotopic (exact) mass is 425 g/mol. The van der Waals surface area contributed by atoms with Crippen LogP contribution in [0.2, 0.25) is 5.02 Å². The second-order valence-electron chi connectivity index (χ2n) is 8.93. The molecule has 30 heavy (non-hydrogen) atoms. The van der Waals surface area contributed by atoms with Crippen molar-refractivity contribution in [2.45, 2.75) is 32.2 Å². The first-order valence-electron chi connectivity index (χ1n) is 10.9. The third kappa shape index (κ3) is 3.97. The summed E-state index contributed by atoms with van der Waals surface area (Å²) >= 11 is 5.89. The predicted molar refractivity (Wildman–Crippen MR) is 119 cm³/mol. The quantitative estimate of drug-likeness (QED) is 0.755. The number of nitrogens with zero attached hydrogens (tertiary/aromatic N) is 4. The summed E-state index contributed by atoms with van der Waals surface area (Å²) in [5.41, 5.74) is 3.11. The molecule has 3 aliphatic rings. The van der Waals surface area contributed by atoms with E-state index in [-0.39, 0.29) is 5.91 Å². The Morgan fingerprint density at radius 1 is 1.20 bits per heavy atom. The average molecular weight is 426 g/mol. The van der Waals surface area contributed by atoms with Gasteiger partial charge < -0.3 is 15.1 Å². The smallest absolute Gasteiger partial charge is 0.254 e. The number of carbonyl (C=O) groups is 1. The second kappa shape index (κ2) is 8.06. The summed E-state index contributed by atoms with van der Waals surface area (Å²) in [4.78, 5) is 24.8. The van der Waals surface area contributed by atoms with E-state index in [4.69, 9.17) is 11.6 Å². The maximum atomic E-state index is 12.0. The van der Waals surface area contributed by atoms with Crippen molar-refractivity contribution in [3.05, 3.63) is 46.7 Å². The standard InChI is InChI=1S/C23H28ClN5O/c1-28-14-17-10-19(2-3-20(17)22(28)30)25-7-4-16-11-21(16)15-5-8-29(9-6-15)23-26-12-18(24)13-27-23/h2-3,10,12-13,15-16,21,25H,4-9,11,14H2,1H3/t16-,21-/m1/s1. The highest BCUT2D eigenvalue weighted by molar-refractivity contribution is 6.30. The molecule has 0 bridgehead atoms. The van der Waals surface area contributed by atoms with E-state index < -0.39 is 0 Å². The van der Waals surface area contributed by atoms with Gasteiger partial charge in [0.05, 0.1) is 17.4 Å². The number of nitrogens with one attached hydrogen (secondary N) is 1. The molecule has 2 atom stereocenters. The zero-order chi connectivity index (χ0) is 20.7. The molecular formula is C23H28ClN5O. The zero-order valence-corrected chi connectivity index (χ0v) is 18.1. The first-order valence-corrected chi connectivity index (χ1v) is 11.3. The number of hydrogen-bond donors (Lipinski definition) is 1. The van der Waals surface area contributed by atoms with Gasteiger partial charge in [-0.05, 0) is 67.2 Å². The molecule has 1 aliphatic carbocycles. The van der Waals surface area contributed by atoms with Crippen LogP contribution in [-0.2, 0) is 6.54 Å². The van der Waals surface area contributed by atoms with Crippen LogP contribution in [0.4, 0.5) is 11.6 Å². The van der Waals surface area contributed by atoms with Gasteiger partial charge in [0.25, 0.3) is 5.91 Å². The number of hydrogen-bond acceptors (Lipinski definition) is 5. The zero-order valence-electron chi connectivity index (χ0n) is 17.4. The Bertz CT molecular complexity index is 926. The number of fused-ring (bicyclic) bond motifs is 1.